The molecule has 0 aliphatic carbocycles. The highest BCUT2D eigenvalue weighted by atomic mass is 32.1. The molecule has 6 heteroatoms. The fourth-order valence-electron chi connectivity index (χ4n) is 1.93. The Balaban J connectivity index is 1.82. The SMILES string of the molecule is Cc1nc(NC(=O)CCCc2ccccc2)sc1C(=O)O. The Morgan fingerprint density at radius 2 is 2.00 bits per heavy atom. The van der Waals surface area contributed by atoms with Crippen LogP contribution in [0.2, 0.25) is 0 Å². The number of rotatable bonds is 6. The molecule has 5 nitrogen and oxygen atoms in total. The molecule has 0 unspecified atom stereocenters. The number of carboxylic acids is 1. The standard InChI is InChI=1S/C15H16N2O3S/c1-10-13(14(19)20)21-15(16-10)17-12(18)9-5-8-11-6-3-2-4-7-11/h2-4,6-7H,5,8-9H2,1H3,(H,19,20)(H,16,17,18). The summed E-state index contributed by atoms with van der Waals surface area (Å²) in [5.41, 5.74) is 1.62. The van der Waals surface area contributed by atoms with Crippen LogP contribution in [0.25, 0.3) is 0 Å². The van der Waals surface area contributed by atoms with E-state index in [0.717, 1.165) is 24.2 Å². The first-order valence-corrected chi connectivity index (χ1v) is 7.42. The third-order valence-electron chi connectivity index (χ3n) is 2.95. The van der Waals surface area contributed by atoms with Gasteiger partial charge in [-0.3, -0.25) is 4.79 Å². The summed E-state index contributed by atoms with van der Waals surface area (Å²) in [6.07, 6.45) is 1.97. The second-order valence-corrected chi connectivity index (χ2v) is 5.63. The van der Waals surface area contributed by atoms with E-state index in [0.29, 0.717) is 17.2 Å². The largest absolute Gasteiger partial charge is 0.477 e. The van der Waals surface area contributed by atoms with Crippen LogP contribution < -0.4 is 5.32 Å². The molecule has 0 spiro atoms. The maximum atomic E-state index is 11.8. The maximum Gasteiger partial charge on any atom is 0.347 e. The first-order valence-electron chi connectivity index (χ1n) is 6.61. The molecule has 0 fully saturated rings. The summed E-state index contributed by atoms with van der Waals surface area (Å²) >= 11 is 0.983. The molecule has 1 aromatic carbocycles. The summed E-state index contributed by atoms with van der Waals surface area (Å²) in [5.74, 6) is -1.16. The number of carbonyl (C=O) groups excluding carboxylic acids is 1. The predicted molar refractivity (Wildman–Crippen MR) is 81.8 cm³/mol. The van der Waals surface area contributed by atoms with Crippen LogP contribution in [0.4, 0.5) is 5.13 Å². The van der Waals surface area contributed by atoms with Crippen molar-refractivity contribution in [3.05, 3.63) is 46.5 Å². The van der Waals surface area contributed by atoms with Gasteiger partial charge in [0.25, 0.3) is 0 Å². The lowest BCUT2D eigenvalue weighted by molar-refractivity contribution is -0.116. The molecule has 2 aromatic rings. The molecule has 1 heterocycles. The fraction of sp³-hybridized carbons (Fsp3) is 0.267. The van der Waals surface area contributed by atoms with Gasteiger partial charge in [0.05, 0.1) is 5.69 Å². The van der Waals surface area contributed by atoms with Gasteiger partial charge in [-0.15, -0.1) is 0 Å². The zero-order valence-corrected chi connectivity index (χ0v) is 12.4. The summed E-state index contributed by atoms with van der Waals surface area (Å²) in [6, 6.07) is 9.96. The minimum atomic E-state index is -1.02. The van der Waals surface area contributed by atoms with Crippen LogP contribution in [0, 0.1) is 6.92 Å². The zero-order valence-electron chi connectivity index (χ0n) is 11.6. The molecule has 21 heavy (non-hydrogen) atoms. The van der Waals surface area contributed by atoms with Gasteiger partial charge in [-0.25, -0.2) is 9.78 Å². The lowest BCUT2D eigenvalue weighted by atomic mass is 10.1. The summed E-state index contributed by atoms with van der Waals surface area (Å²) in [7, 11) is 0. The number of anilines is 1. The van der Waals surface area contributed by atoms with Crippen molar-refractivity contribution in [2.24, 2.45) is 0 Å². The number of aryl methyl sites for hydroxylation is 2. The number of hydrogen-bond acceptors (Lipinski definition) is 4. The first kappa shape index (κ1) is 15.2. The van der Waals surface area contributed by atoms with Gasteiger partial charge < -0.3 is 10.4 Å². The summed E-state index contributed by atoms with van der Waals surface area (Å²) < 4.78 is 0. The summed E-state index contributed by atoms with van der Waals surface area (Å²) in [4.78, 5) is 26.9. The van der Waals surface area contributed by atoms with Crippen LogP contribution in [0.1, 0.15) is 33.8 Å². The van der Waals surface area contributed by atoms with E-state index in [1.54, 1.807) is 6.92 Å². The van der Waals surface area contributed by atoms with Crippen molar-refractivity contribution in [1.29, 1.82) is 0 Å². The Kier molecular flexibility index (Phi) is 5.05. The average molecular weight is 304 g/mol. The molecule has 0 radical (unpaired) electrons. The Labute approximate surface area is 126 Å². The Bertz CT molecular complexity index is 638. The van der Waals surface area contributed by atoms with E-state index in [-0.39, 0.29) is 10.8 Å². The quantitative estimate of drug-likeness (QED) is 0.859. The number of aromatic nitrogens is 1. The van der Waals surface area contributed by atoms with Gasteiger partial charge >= 0.3 is 5.97 Å². The van der Waals surface area contributed by atoms with E-state index in [9.17, 15) is 9.59 Å². The van der Waals surface area contributed by atoms with Gasteiger partial charge in [0.15, 0.2) is 5.13 Å². The molecule has 0 atom stereocenters. The van der Waals surface area contributed by atoms with Crippen molar-refractivity contribution in [2.75, 3.05) is 5.32 Å². The van der Waals surface area contributed by atoms with E-state index in [1.165, 1.54) is 5.56 Å². The third-order valence-corrected chi connectivity index (χ3v) is 4.01. The van der Waals surface area contributed by atoms with Crippen molar-refractivity contribution in [3.63, 3.8) is 0 Å². The third kappa shape index (κ3) is 4.39. The molecule has 1 aromatic heterocycles. The van der Waals surface area contributed by atoms with Gasteiger partial charge in [-0.2, -0.15) is 0 Å². The lowest BCUT2D eigenvalue weighted by Crippen LogP contribution is -2.11. The number of benzene rings is 1. The van der Waals surface area contributed by atoms with Gasteiger partial charge in [0, 0.05) is 6.42 Å². The van der Waals surface area contributed by atoms with Crippen molar-refractivity contribution in [1.82, 2.24) is 4.98 Å². The molecule has 0 saturated carbocycles. The van der Waals surface area contributed by atoms with Gasteiger partial charge in [0.2, 0.25) is 5.91 Å². The molecule has 1 amide bonds. The number of aromatic carboxylic acids is 1. The van der Waals surface area contributed by atoms with Crippen LogP contribution >= 0.6 is 11.3 Å². The van der Waals surface area contributed by atoms with Crippen LogP contribution in [0.15, 0.2) is 30.3 Å². The topological polar surface area (TPSA) is 79.3 Å². The maximum absolute atomic E-state index is 11.8. The highest BCUT2D eigenvalue weighted by Crippen LogP contribution is 2.22. The second kappa shape index (κ2) is 6.99. The number of nitrogens with zero attached hydrogens (tertiary/aromatic N) is 1. The summed E-state index contributed by atoms with van der Waals surface area (Å²) in [5, 5.41) is 11.9. The number of carboxylic acid groups (broad SMARTS) is 1. The zero-order chi connectivity index (χ0) is 15.2. The van der Waals surface area contributed by atoms with Crippen LogP contribution in [0.5, 0.6) is 0 Å². The number of thiazole rings is 1. The lowest BCUT2D eigenvalue weighted by Gasteiger charge is -2.02. The monoisotopic (exact) mass is 304 g/mol. The highest BCUT2D eigenvalue weighted by molar-refractivity contribution is 7.17. The smallest absolute Gasteiger partial charge is 0.347 e. The van der Waals surface area contributed by atoms with E-state index in [1.807, 2.05) is 30.3 Å². The van der Waals surface area contributed by atoms with Crippen molar-refractivity contribution in [2.45, 2.75) is 26.2 Å². The minimum absolute atomic E-state index is 0.142. The van der Waals surface area contributed by atoms with Crippen molar-refractivity contribution >= 4 is 28.3 Å². The molecular formula is C15H16N2O3S. The van der Waals surface area contributed by atoms with E-state index in [4.69, 9.17) is 5.11 Å². The van der Waals surface area contributed by atoms with Crippen LogP contribution in [-0.4, -0.2) is 22.0 Å². The number of amides is 1. The molecule has 0 saturated heterocycles. The van der Waals surface area contributed by atoms with Crippen molar-refractivity contribution < 1.29 is 14.7 Å². The molecule has 0 aliphatic rings. The van der Waals surface area contributed by atoms with E-state index >= 15 is 0 Å². The second-order valence-electron chi connectivity index (χ2n) is 4.63. The average Bonchev–Trinajstić information content (AvgIpc) is 2.81. The molecule has 2 rings (SSSR count). The van der Waals surface area contributed by atoms with Gasteiger partial charge in [0.1, 0.15) is 4.88 Å². The molecule has 2 N–H and O–H groups in total. The van der Waals surface area contributed by atoms with Crippen LogP contribution in [0.3, 0.4) is 0 Å². The number of hydrogen-bond donors (Lipinski definition) is 2. The highest BCUT2D eigenvalue weighted by Gasteiger charge is 2.15. The Morgan fingerprint density at radius 3 is 2.62 bits per heavy atom. The van der Waals surface area contributed by atoms with Crippen molar-refractivity contribution in [3.8, 4) is 0 Å². The summed E-state index contributed by atoms with van der Waals surface area (Å²) in [6.45, 7) is 1.62. The number of nitrogens with one attached hydrogen (secondary N) is 1. The molecule has 0 aliphatic heterocycles. The number of carbonyl (C=O) groups is 2. The van der Waals surface area contributed by atoms with Crippen LogP contribution in [-0.2, 0) is 11.2 Å². The minimum Gasteiger partial charge on any atom is -0.477 e. The van der Waals surface area contributed by atoms with E-state index < -0.39 is 5.97 Å². The molecular weight excluding hydrogens is 288 g/mol. The predicted octanol–water partition coefficient (Wildman–Crippen LogP) is 3.11. The Hall–Kier alpha value is -2.21. The fourth-order valence-corrected chi connectivity index (χ4v) is 2.75. The normalized spacial score (nSPS) is 10.3. The molecule has 0 bridgehead atoms. The van der Waals surface area contributed by atoms with E-state index in [2.05, 4.69) is 10.3 Å². The van der Waals surface area contributed by atoms with Gasteiger partial charge in [-0.1, -0.05) is 41.7 Å². The molecule has 110 valence electrons. The first-order chi connectivity index (χ1) is 10.1. The Morgan fingerprint density at radius 1 is 1.29 bits per heavy atom. The van der Waals surface area contributed by atoms with Gasteiger partial charge in [-0.05, 0) is 25.3 Å².